The molecule has 0 aliphatic rings. The molecule has 0 N–H and O–H groups in total. The van der Waals surface area contributed by atoms with Gasteiger partial charge in [0.15, 0.2) is 0 Å². The van der Waals surface area contributed by atoms with Gasteiger partial charge in [-0.3, -0.25) is 0 Å². The summed E-state index contributed by atoms with van der Waals surface area (Å²) in [6.45, 7) is 6.75. The fourth-order valence-electron chi connectivity index (χ4n) is 0. The van der Waals surface area contributed by atoms with Crippen LogP contribution in [-0.2, 0) is 51.7 Å². The molecule has 0 nitrogen and oxygen atoms in total. The summed E-state index contributed by atoms with van der Waals surface area (Å²) >= 11 is 0. The van der Waals surface area contributed by atoms with Crippen molar-refractivity contribution in [2.75, 3.05) is 0 Å². The van der Waals surface area contributed by atoms with Crippen molar-refractivity contribution in [2.45, 2.75) is 6.42 Å². The molecule has 0 atom stereocenters. The second kappa shape index (κ2) is 180. The fourth-order valence-corrected chi connectivity index (χ4v) is 0. The van der Waals surface area contributed by atoms with Gasteiger partial charge < -0.3 is 64.8 Å². The van der Waals surface area contributed by atoms with Crippen LogP contribution >= 0.6 is 0 Å². The monoisotopic (exact) mass is 492 g/mol. The number of hydrogen-bond acceptors (Lipinski definition) is 0. The standard InChI is InChI=1S/C3H6.6CH3.2Hf/c1-3-2;;;;;;;;/h1-3H2;6*1H3;;/q-2;6*-1;2*+4. The molecule has 0 saturated carbocycles. The molecule has 0 fully saturated rings. The van der Waals surface area contributed by atoms with E-state index < -0.39 is 0 Å². The van der Waals surface area contributed by atoms with Crippen LogP contribution in [0.1, 0.15) is 6.42 Å². The van der Waals surface area contributed by atoms with Crippen molar-refractivity contribution in [2.24, 2.45) is 0 Å². The zero-order chi connectivity index (χ0) is 2.71. The van der Waals surface area contributed by atoms with E-state index in [4.69, 9.17) is 0 Å². The van der Waals surface area contributed by atoms with E-state index in [9.17, 15) is 0 Å². The minimum Gasteiger partial charge on any atom is -0.372 e. The Hall–Kier alpha value is 1.74. The molecule has 0 unspecified atom stereocenters. The van der Waals surface area contributed by atoms with E-state index in [1.54, 1.807) is 0 Å². The summed E-state index contributed by atoms with van der Waals surface area (Å²) in [5.41, 5.74) is 0. The molecular formula is C9H24Hf2. The van der Waals surface area contributed by atoms with Gasteiger partial charge in [-0.1, -0.05) is 0 Å². The van der Waals surface area contributed by atoms with Crippen molar-refractivity contribution in [3.63, 3.8) is 0 Å². The Labute approximate surface area is 116 Å². The Morgan fingerprint density at radius 2 is 0.545 bits per heavy atom. The molecule has 68 valence electrons. The van der Waals surface area contributed by atoms with Gasteiger partial charge in [-0.05, 0) is 0 Å². The first-order chi connectivity index (χ1) is 1.41. The molecule has 0 aliphatic heterocycles. The predicted molar refractivity (Wildman–Crippen MR) is 53.8 cm³/mol. The molecule has 2 heteroatoms. The molecule has 0 aromatic heterocycles. The van der Waals surface area contributed by atoms with E-state index in [0.29, 0.717) is 0 Å². The summed E-state index contributed by atoms with van der Waals surface area (Å²) in [6, 6.07) is 0. The third-order valence-corrected chi connectivity index (χ3v) is 0. The van der Waals surface area contributed by atoms with Crippen LogP contribution in [0.25, 0.3) is 0 Å². The van der Waals surface area contributed by atoms with Crippen LogP contribution in [0.2, 0.25) is 0 Å². The fraction of sp³-hybridized carbons (Fsp3) is 0.111. The molecule has 0 saturated heterocycles. The Kier molecular flexibility index (Phi) is 2060. The summed E-state index contributed by atoms with van der Waals surface area (Å²) < 4.78 is 0. The Bertz CT molecular complexity index is 7.52. The van der Waals surface area contributed by atoms with Crippen LogP contribution in [0.4, 0.5) is 0 Å². The van der Waals surface area contributed by atoms with Crippen LogP contribution in [0.15, 0.2) is 0 Å². The normalized spacial score (nSPS) is 1.64. The van der Waals surface area contributed by atoms with E-state index >= 15 is 0 Å². The minimum atomic E-state index is 0. The maximum absolute atomic E-state index is 3.38. The SMILES string of the molecule is [CH2-]C[CH2-].[CH3-].[CH3-].[CH3-].[CH3-].[CH3-].[CH3-].[Hf+4].[Hf+4]. The summed E-state index contributed by atoms with van der Waals surface area (Å²) in [4.78, 5) is 0. The first-order valence-corrected chi connectivity index (χ1v) is 1.000. The second-order valence-electron chi connectivity index (χ2n) is 0.354. The van der Waals surface area contributed by atoms with Gasteiger partial charge in [-0.2, -0.15) is 0 Å². The quantitative estimate of drug-likeness (QED) is 0.360. The summed E-state index contributed by atoms with van der Waals surface area (Å²) in [5.74, 6) is 0. The van der Waals surface area contributed by atoms with Crippen molar-refractivity contribution in [1.82, 2.24) is 0 Å². The van der Waals surface area contributed by atoms with Crippen LogP contribution in [0.5, 0.6) is 0 Å². The Balaban J connectivity index is -0.000000000714. The zero-order valence-electron chi connectivity index (χ0n) is 9.12. The number of hydrogen-bond donors (Lipinski definition) is 0. The summed E-state index contributed by atoms with van der Waals surface area (Å²) in [7, 11) is 0. The van der Waals surface area contributed by atoms with Gasteiger partial charge in [0.1, 0.15) is 0 Å². The molecule has 0 bridgehead atoms. The van der Waals surface area contributed by atoms with Gasteiger partial charge in [-0.15, -0.1) is 0 Å². The van der Waals surface area contributed by atoms with Crippen molar-refractivity contribution >= 4 is 0 Å². The molecule has 0 aromatic rings. The van der Waals surface area contributed by atoms with E-state index in [2.05, 4.69) is 13.8 Å². The van der Waals surface area contributed by atoms with Crippen molar-refractivity contribution in [1.29, 1.82) is 0 Å². The van der Waals surface area contributed by atoms with E-state index in [1.807, 2.05) is 0 Å². The average Bonchev–Trinajstić information content (AvgIpc) is 0.918. The molecular weight excluding hydrogens is 465 g/mol. The predicted octanol–water partition coefficient (Wildman–Crippen LogP) is 3.74. The smallest absolute Gasteiger partial charge is 0.372 e. The van der Waals surface area contributed by atoms with Crippen LogP contribution in [0.3, 0.4) is 0 Å². The average molecular weight is 489 g/mol. The maximum atomic E-state index is 3.38. The molecule has 0 radical (unpaired) electrons. The Morgan fingerprint density at radius 1 is 0.545 bits per heavy atom. The minimum absolute atomic E-state index is 0. The summed E-state index contributed by atoms with van der Waals surface area (Å²) in [6.07, 6.45) is 0.750. The molecule has 0 heterocycles. The maximum Gasteiger partial charge on any atom is 4.00 e. The molecule has 0 spiro atoms. The van der Waals surface area contributed by atoms with Crippen LogP contribution < -0.4 is 0 Å². The Morgan fingerprint density at radius 3 is 0.545 bits per heavy atom. The molecule has 0 aromatic carbocycles. The van der Waals surface area contributed by atoms with E-state index in [1.165, 1.54) is 0 Å². The van der Waals surface area contributed by atoms with Gasteiger partial charge in [0, 0.05) is 0 Å². The van der Waals surface area contributed by atoms with Crippen molar-refractivity contribution in [3.05, 3.63) is 58.4 Å². The third-order valence-electron chi connectivity index (χ3n) is 0. The van der Waals surface area contributed by atoms with Gasteiger partial charge in [-0.25, -0.2) is 0 Å². The van der Waals surface area contributed by atoms with Gasteiger partial charge in [0.2, 0.25) is 0 Å². The molecule has 0 rings (SSSR count). The van der Waals surface area contributed by atoms with E-state index in [0.717, 1.165) is 6.42 Å². The number of rotatable bonds is 0. The second-order valence-corrected chi connectivity index (χ2v) is 0.354. The largest absolute Gasteiger partial charge is 4.00 e. The van der Waals surface area contributed by atoms with E-state index in [-0.39, 0.29) is 96.2 Å². The topological polar surface area (TPSA) is 0 Å². The van der Waals surface area contributed by atoms with Crippen molar-refractivity contribution < 1.29 is 51.7 Å². The first-order valence-electron chi connectivity index (χ1n) is 1.000. The van der Waals surface area contributed by atoms with Crippen molar-refractivity contribution in [3.8, 4) is 0 Å². The van der Waals surface area contributed by atoms with Crippen LogP contribution in [-0.4, -0.2) is 0 Å². The first kappa shape index (κ1) is 126. The molecule has 0 amide bonds. The zero-order valence-corrected chi connectivity index (χ0v) is 16.3. The molecule has 11 heavy (non-hydrogen) atoms. The summed E-state index contributed by atoms with van der Waals surface area (Å²) in [5, 5.41) is 0. The van der Waals surface area contributed by atoms with Gasteiger partial charge >= 0.3 is 51.7 Å². The van der Waals surface area contributed by atoms with Crippen LogP contribution in [0, 0.1) is 58.4 Å². The van der Waals surface area contributed by atoms with Gasteiger partial charge in [0.05, 0.1) is 0 Å². The third kappa shape index (κ3) is 368. The van der Waals surface area contributed by atoms with Gasteiger partial charge in [0.25, 0.3) is 0 Å². The molecule has 0 aliphatic carbocycles.